The summed E-state index contributed by atoms with van der Waals surface area (Å²) in [5.74, 6) is 0.466. The molecule has 0 aliphatic carbocycles. The Balaban J connectivity index is 1.12. The van der Waals surface area contributed by atoms with Crippen molar-refractivity contribution in [1.82, 2.24) is 24.8 Å². The van der Waals surface area contributed by atoms with Gasteiger partial charge in [0.25, 0.3) is 5.56 Å². The van der Waals surface area contributed by atoms with Gasteiger partial charge in [0.1, 0.15) is 29.3 Å². The maximum Gasteiger partial charge on any atom is 0.258 e. The number of nitrogens with one attached hydrogen (secondary N) is 2. The molecule has 3 aromatic heterocycles. The molecule has 5 aromatic rings. The van der Waals surface area contributed by atoms with E-state index in [2.05, 4.69) is 50.5 Å². The van der Waals surface area contributed by atoms with Crippen LogP contribution in [-0.2, 0) is 24.5 Å². The lowest BCUT2D eigenvalue weighted by molar-refractivity contribution is 0.102. The first kappa shape index (κ1) is 25.4. The maximum atomic E-state index is 12.8. The van der Waals surface area contributed by atoms with Gasteiger partial charge in [-0.3, -0.25) is 14.7 Å². The van der Waals surface area contributed by atoms with Gasteiger partial charge < -0.3 is 15.0 Å². The summed E-state index contributed by atoms with van der Waals surface area (Å²) in [6.07, 6.45) is 3.77. The number of likely N-dealkylation sites (tertiary alicyclic amines) is 1. The molecule has 4 heterocycles. The van der Waals surface area contributed by atoms with Gasteiger partial charge in [-0.2, -0.15) is 0 Å². The summed E-state index contributed by atoms with van der Waals surface area (Å²) in [5.41, 5.74) is 4.05. The van der Waals surface area contributed by atoms with Crippen LogP contribution in [0.5, 0.6) is 0 Å². The van der Waals surface area contributed by atoms with E-state index in [1.165, 1.54) is 5.56 Å². The molecule has 0 radical (unpaired) electrons. The molecule has 6 rings (SSSR count). The van der Waals surface area contributed by atoms with Crippen molar-refractivity contribution < 1.29 is 4.74 Å². The van der Waals surface area contributed by atoms with Crippen LogP contribution in [0.1, 0.15) is 29.8 Å². The SMILES string of the molecule is O=c1[nH]c(COCc2ccccc2)nc2c(-c3csc(NC4CCN(Cc5ccccc5)CC4)n3)nccc12. The largest absolute Gasteiger partial charge is 0.369 e. The average Bonchev–Trinajstić information content (AvgIpc) is 3.43. The van der Waals surface area contributed by atoms with E-state index in [1.807, 2.05) is 35.7 Å². The Morgan fingerprint density at radius 3 is 2.46 bits per heavy atom. The lowest BCUT2D eigenvalue weighted by Crippen LogP contribution is -2.38. The van der Waals surface area contributed by atoms with Crippen molar-refractivity contribution in [3.05, 3.63) is 106 Å². The second-order valence-corrected chi connectivity index (χ2v) is 10.6. The number of aromatic nitrogens is 4. The van der Waals surface area contributed by atoms with Gasteiger partial charge in [-0.15, -0.1) is 11.3 Å². The van der Waals surface area contributed by atoms with Crippen LogP contribution in [0.2, 0.25) is 0 Å². The van der Waals surface area contributed by atoms with Crippen LogP contribution in [0.25, 0.3) is 22.3 Å². The highest BCUT2D eigenvalue weighted by molar-refractivity contribution is 7.14. The quantitative estimate of drug-likeness (QED) is 0.265. The van der Waals surface area contributed by atoms with Gasteiger partial charge in [-0.05, 0) is 30.0 Å². The minimum absolute atomic E-state index is 0.196. The first-order valence-electron chi connectivity index (χ1n) is 13.2. The van der Waals surface area contributed by atoms with E-state index in [0.29, 0.717) is 40.8 Å². The molecule has 0 saturated carbocycles. The summed E-state index contributed by atoms with van der Waals surface area (Å²) < 4.78 is 5.80. The van der Waals surface area contributed by atoms with Gasteiger partial charge in [0.15, 0.2) is 5.13 Å². The number of hydrogen-bond acceptors (Lipinski definition) is 8. The number of nitrogens with zero attached hydrogens (tertiary/aromatic N) is 4. The summed E-state index contributed by atoms with van der Waals surface area (Å²) in [6, 6.07) is 22.6. The Morgan fingerprint density at radius 1 is 0.949 bits per heavy atom. The number of piperidine rings is 1. The van der Waals surface area contributed by atoms with Gasteiger partial charge in [-0.1, -0.05) is 60.7 Å². The number of pyridine rings is 1. The van der Waals surface area contributed by atoms with Crippen LogP contribution in [0.3, 0.4) is 0 Å². The summed E-state index contributed by atoms with van der Waals surface area (Å²) in [7, 11) is 0. The monoisotopic (exact) mass is 538 g/mol. The molecule has 1 fully saturated rings. The number of rotatable bonds is 9. The van der Waals surface area contributed by atoms with Crippen LogP contribution in [0.4, 0.5) is 5.13 Å². The predicted octanol–water partition coefficient (Wildman–Crippen LogP) is 5.23. The molecule has 1 aliphatic rings. The van der Waals surface area contributed by atoms with E-state index in [9.17, 15) is 4.79 Å². The van der Waals surface area contributed by atoms with Gasteiger partial charge >= 0.3 is 0 Å². The van der Waals surface area contributed by atoms with Crippen LogP contribution in [0, 0.1) is 0 Å². The number of hydrogen-bond donors (Lipinski definition) is 2. The van der Waals surface area contributed by atoms with Crippen molar-refractivity contribution in [3.8, 4) is 11.4 Å². The van der Waals surface area contributed by atoms with Crippen LogP contribution >= 0.6 is 11.3 Å². The molecule has 1 aliphatic heterocycles. The smallest absolute Gasteiger partial charge is 0.258 e. The molecule has 2 N–H and O–H groups in total. The standard InChI is InChI=1S/C30H30N6O2S/c37-29-24-11-14-31-28(27(24)34-26(35-29)19-38-18-22-9-5-2-6-10-22)25-20-39-30(33-25)32-23-12-15-36(16-13-23)17-21-7-3-1-4-8-21/h1-11,14,20,23H,12-13,15-19H2,(H,32,33)(H,34,35,37). The highest BCUT2D eigenvalue weighted by atomic mass is 32.1. The summed E-state index contributed by atoms with van der Waals surface area (Å²) >= 11 is 1.56. The topological polar surface area (TPSA) is 96.0 Å². The zero-order valence-electron chi connectivity index (χ0n) is 21.5. The Morgan fingerprint density at radius 2 is 1.69 bits per heavy atom. The molecule has 0 spiro atoms. The Labute approximate surface area is 230 Å². The Hall–Kier alpha value is -3.92. The number of fused-ring (bicyclic) bond motifs is 1. The predicted molar refractivity (Wildman–Crippen MR) is 155 cm³/mol. The molecule has 8 nitrogen and oxygen atoms in total. The van der Waals surface area contributed by atoms with E-state index < -0.39 is 0 Å². The zero-order valence-corrected chi connectivity index (χ0v) is 22.4. The number of thiazole rings is 1. The van der Waals surface area contributed by atoms with Crippen molar-refractivity contribution in [1.29, 1.82) is 0 Å². The third kappa shape index (κ3) is 6.22. The summed E-state index contributed by atoms with van der Waals surface area (Å²) in [4.78, 5) is 32.2. The highest BCUT2D eigenvalue weighted by Crippen LogP contribution is 2.29. The van der Waals surface area contributed by atoms with Crippen molar-refractivity contribution in [2.45, 2.75) is 38.6 Å². The average molecular weight is 539 g/mol. The fourth-order valence-electron chi connectivity index (χ4n) is 4.91. The number of ether oxygens (including phenoxy) is 1. The van der Waals surface area contributed by atoms with E-state index in [1.54, 1.807) is 23.6 Å². The molecule has 0 atom stereocenters. The second kappa shape index (κ2) is 11.9. The van der Waals surface area contributed by atoms with Gasteiger partial charge in [-0.25, -0.2) is 9.97 Å². The van der Waals surface area contributed by atoms with Gasteiger partial charge in [0.2, 0.25) is 0 Å². The van der Waals surface area contributed by atoms with Crippen LogP contribution < -0.4 is 10.9 Å². The molecule has 2 aromatic carbocycles. The molecule has 198 valence electrons. The molecule has 0 bridgehead atoms. The minimum Gasteiger partial charge on any atom is -0.369 e. The Kier molecular flexibility index (Phi) is 7.71. The van der Waals surface area contributed by atoms with Crippen LogP contribution in [-0.4, -0.2) is 44.0 Å². The molecule has 0 unspecified atom stereocenters. The normalized spacial score (nSPS) is 14.6. The number of H-pyrrole nitrogens is 1. The highest BCUT2D eigenvalue weighted by Gasteiger charge is 2.21. The molecular formula is C30H30N6O2S. The molecule has 39 heavy (non-hydrogen) atoms. The fraction of sp³-hybridized carbons (Fsp3) is 0.267. The third-order valence-corrected chi connectivity index (χ3v) is 7.71. The minimum atomic E-state index is -0.210. The van der Waals surface area contributed by atoms with E-state index in [0.717, 1.165) is 43.2 Å². The van der Waals surface area contributed by atoms with E-state index in [-0.39, 0.29) is 12.2 Å². The molecule has 0 amide bonds. The van der Waals surface area contributed by atoms with Crippen molar-refractivity contribution in [3.63, 3.8) is 0 Å². The van der Waals surface area contributed by atoms with Crippen molar-refractivity contribution >= 4 is 27.4 Å². The summed E-state index contributed by atoms with van der Waals surface area (Å²) in [5, 5.41) is 6.94. The van der Waals surface area contributed by atoms with Crippen molar-refractivity contribution in [2.75, 3.05) is 18.4 Å². The lowest BCUT2D eigenvalue weighted by Gasteiger charge is -2.32. The second-order valence-electron chi connectivity index (χ2n) is 9.77. The van der Waals surface area contributed by atoms with Crippen molar-refractivity contribution in [2.24, 2.45) is 0 Å². The Bertz CT molecular complexity index is 1580. The van der Waals surface area contributed by atoms with E-state index in [4.69, 9.17) is 14.7 Å². The molecule has 1 saturated heterocycles. The number of anilines is 1. The van der Waals surface area contributed by atoms with Crippen LogP contribution in [0.15, 0.2) is 83.1 Å². The third-order valence-electron chi connectivity index (χ3n) is 6.93. The van der Waals surface area contributed by atoms with E-state index >= 15 is 0 Å². The van der Waals surface area contributed by atoms with Gasteiger partial charge in [0.05, 0.1) is 12.0 Å². The maximum absolute atomic E-state index is 12.8. The first-order valence-corrected chi connectivity index (χ1v) is 14.1. The summed E-state index contributed by atoms with van der Waals surface area (Å²) in [6.45, 7) is 3.73. The lowest BCUT2D eigenvalue weighted by atomic mass is 10.0. The van der Waals surface area contributed by atoms with Gasteiger partial charge in [0, 0.05) is 37.3 Å². The number of aromatic amines is 1. The molecule has 9 heteroatoms. The zero-order chi connectivity index (χ0) is 26.4. The number of benzene rings is 2. The molecular weight excluding hydrogens is 508 g/mol. The first-order chi connectivity index (χ1) is 19.2. The fourth-order valence-corrected chi connectivity index (χ4v) is 5.68.